The minimum atomic E-state index is -0.279. The monoisotopic (exact) mass is 391 g/mol. The van der Waals surface area contributed by atoms with Gasteiger partial charge in [-0.3, -0.25) is 20.4 Å². The zero-order chi connectivity index (χ0) is 20.4. The van der Waals surface area contributed by atoms with Gasteiger partial charge in [-0.2, -0.15) is 0 Å². The molecule has 0 aliphatic carbocycles. The molecule has 2 aromatic carbocycles. The van der Waals surface area contributed by atoms with Crippen LogP contribution in [-0.4, -0.2) is 24.9 Å². The molecule has 3 aromatic rings. The number of benzene rings is 2. The van der Waals surface area contributed by atoms with Crippen LogP contribution in [0.1, 0.15) is 28.7 Å². The highest BCUT2D eigenvalue weighted by Crippen LogP contribution is 2.27. The van der Waals surface area contributed by atoms with E-state index in [1.165, 1.54) is 5.56 Å². The van der Waals surface area contributed by atoms with Crippen molar-refractivity contribution >= 4 is 28.5 Å². The molecule has 0 bridgehead atoms. The largest absolute Gasteiger partial charge is 0.464 e. The molecule has 2 N–H and O–H groups in total. The molecule has 6 heteroatoms. The third kappa shape index (κ3) is 3.97. The van der Waals surface area contributed by atoms with E-state index in [1.54, 1.807) is 6.26 Å². The van der Waals surface area contributed by atoms with E-state index in [4.69, 9.17) is 4.42 Å². The first-order valence-corrected chi connectivity index (χ1v) is 9.90. The molecule has 4 rings (SSSR count). The molecular weight excluding hydrogens is 366 g/mol. The minimum Gasteiger partial charge on any atom is -0.464 e. The van der Waals surface area contributed by atoms with Crippen molar-refractivity contribution in [2.75, 3.05) is 18.0 Å². The molecule has 6 nitrogen and oxygen atoms in total. The normalized spacial score (nSPS) is 13.2. The van der Waals surface area contributed by atoms with Gasteiger partial charge < -0.3 is 9.32 Å². The summed E-state index contributed by atoms with van der Waals surface area (Å²) in [5.74, 6) is -0.517. The molecule has 0 spiro atoms. The summed E-state index contributed by atoms with van der Waals surface area (Å²) in [7, 11) is 0. The van der Waals surface area contributed by atoms with Crippen LogP contribution in [0.4, 0.5) is 5.69 Å². The molecule has 0 unspecified atom stereocenters. The van der Waals surface area contributed by atoms with Crippen LogP contribution in [0.15, 0.2) is 47.1 Å². The minimum absolute atomic E-state index is 0.141. The van der Waals surface area contributed by atoms with Gasteiger partial charge in [0.15, 0.2) is 0 Å². The second-order valence-electron chi connectivity index (χ2n) is 7.57. The van der Waals surface area contributed by atoms with Gasteiger partial charge >= 0.3 is 0 Å². The molecule has 1 aliphatic rings. The Morgan fingerprint density at radius 1 is 1.07 bits per heavy atom. The first-order chi connectivity index (χ1) is 14.0. The Bertz CT molecular complexity index is 1070. The van der Waals surface area contributed by atoms with Crippen molar-refractivity contribution in [2.24, 2.45) is 0 Å². The summed E-state index contributed by atoms with van der Waals surface area (Å²) in [6, 6.07) is 12.1. The summed E-state index contributed by atoms with van der Waals surface area (Å²) in [5, 5.41) is 0.930. The lowest BCUT2D eigenvalue weighted by Crippen LogP contribution is -2.47. The number of para-hydroxylation sites is 1. The van der Waals surface area contributed by atoms with E-state index in [1.807, 2.05) is 44.2 Å². The maximum atomic E-state index is 12.3. The maximum absolute atomic E-state index is 12.3. The Labute approximate surface area is 169 Å². The number of anilines is 1. The topological polar surface area (TPSA) is 74.6 Å². The number of carbonyl (C=O) groups excluding carboxylic acids is 2. The third-order valence-corrected chi connectivity index (χ3v) is 5.57. The number of nitrogens with one attached hydrogen (secondary N) is 2. The number of rotatable bonds is 4. The van der Waals surface area contributed by atoms with Gasteiger partial charge in [-0.1, -0.05) is 30.3 Å². The predicted octanol–water partition coefficient (Wildman–Crippen LogP) is 3.19. The average molecular weight is 391 g/mol. The van der Waals surface area contributed by atoms with E-state index in [0.717, 1.165) is 52.7 Å². The lowest BCUT2D eigenvalue weighted by molar-refractivity contribution is -0.127. The highest BCUT2D eigenvalue weighted by molar-refractivity contribution is 5.91. The summed E-state index contributed by atoms with van der Waals surface area (Å²) in [4.78, 5) is 26.7. The van der Waals surface area contributed by atoms with Gasteiger partial charge in [0.05, 0.1) is 19.2 Å². The van der Waals surface area contributed by atoms with Crippen molar-refractivity contribution in [3.63, 3.8) is 0 Å². The van der Waals surface area contributed by atoms with Crippen LogP contribution in [0.3, 0.4) is 0 Å². The molecule has 1 aromatic heterocycles. The highest BCUT2D eigenvalue weighted by atomic mass is 16.3. The van der Waals surface area contributed by atoms with Crippen molar-refractivity contribution < 1.29 is 14.0 Å². The molecule has 0 saturated carbocycles. The SMILES string of the molecule is Cc1ccc2c(CC(=O)NNC(=O)CN3CCCc4ccccc43)coc2c1C. The van der Waals surface area contributed by atoms with Gasteiger partial charge in [-0.25, -0.2) is 0 Å². The first kappa shape index (κ1) is 19.1. The zero-order valence-corrected chi connectivity index (χ0v) is 16.7. The number of furan rings is 1. The Hall–Kier alpha value is -3.28. The van der Waals surface area contributed by atoms with Crippen LogP contribution in [0.25, 0.3) is 11.0 Å². The molecule has 0 radical (unpaired) electrons. The second-order valence-corrected chi connectivity index (χ2v) is 7.57. The van der Waals surface area contributed by atoms with Crippen molar-refractivity contribution in [1.82, 2.24) is 10.9 Å². The molecule has 0 atom stereocenters. The fourth-order valence-electron chi connectivity index (χ4n) is 3.87. The number of amides is 2. The third-order valence-electron chi connectivity index (χ3n) is 5.57. The van der Waals surface area contributed by atoms with Crippen LogP contribution < -0.4 is 15.8 Å². The van der Waals surface area contributed by atoms with E-state index >= 15 is 0 Å². The Morgan fingerprint density at radius 3 is 2.72 bits per heavy atom. The molecule has 150 valence electrons. The molecule has 0 fully saturated rings. The van der Waals surface area contributed by atoms with Crippen LogP contribution in [0, 0.1) is 13.8 Å². The van der Waals surface area contributed by atoms with E-state index in [9.17, 15) is 9.59 Å². The van der Waals surface area contributed by atoms with Crippen molar-refractivity contribution in [3.8, 4) is 0 Å². The van der Waals surface area contributed by atoms with Gasteiger partial charge in [-0.15, -0.1) is 0 Å². The number of aryl methyl sites for hydroxylation is 3. The number of nitrogens with zero attached hydrogens (tertiary/aromatic N) is 1. The summed E-state index contributed by atoms with van der Waals surface area (Å²) in [5.41, 5.74) is 11.2. The Balaban J connectivity index is 1.34. The Morgan fingerprint density at radius 2 is 1.86 bits per heavy atom. The summed E-state index contributed by atoms with van der Waals surface area (Å²) in [6.07, 6.45) is 3.80. The Kier molecular flexibility index (Phi) is 5.25. The summed E-state index contributed by atoms with van der Waals surface area (Å²) >= 11 is 0. The van der Waals surface area contributed by atoms with Gasteiger partial charge in [0.25, 0.3) is 5.91 Å². The van der Waals surface area contributed by atoms with Crippen LogP contribution in [0.5, 0.6) is 0 Å². The van der Waals surface area contributed by atoms with Crippen LogP contribution >= 0.6 is 0 Å². The van der Waals surface area contributed by atoms with Gasteiger partial charge in [0.1, 0.15) is 5.58 Å². The summed E-state index contributed by atoms with van der Waals surface area (Å²) in [6.45, 7) is 5.08. The smallest absolute Gasteiger partial charge is 0.257 e. The maximum Gasteiger partial charge on any atom is 0.257 e. The fourth-order valence-corrected chi connectivity index (χ4v) is 3.87. The molecule has 0 saturated heterocycles. The second kappa shape index (κ2) is 7.99. The van der Waals surface area contributed by atoms with E-state index in [-0.39, 0.29) is 24.8 Å². The quantitative estimate of drug-likeness (QED) is 0.670. The molecule has 29 heavy (non-hydrogen) atoms. The number of hydrogen-bond donors (Lipinski definition) is 2. The molecule has 2 amide bonds. The lowest BCUT2D eigenvalue weighted by atomic mass is 10.0. The zero-order valence-electron chi connectivity index (χ0n) is 16.7. The number of carbonyl (C=O) groups is 2. The van der Waals surface area contributed by atoms with Gasteiger partial charge in [0, 0.05) is 23.2 Å². The number of fused-ring (bicyclic) bond motifs is 2. The van der Waals surface area contributed by atoms with Crippen LogP contribution in [0.2, 0.25) is 0 Å². The highest BCUT2D eigenvalue weighted by Gasteiger charge is 2.19. The summed E-state index contributed by atoms with van der Waals surface area (Å²) < 4.78 is 5.65. The molecule has 1 aliphatic heterocycles. The van der Waals surface area contributed by atoms with Crippen molar-refractivity contribution in [1.29, 1.82) is 0 Å². The van der Waals surface area contributed by atoms with Crippen molar-refractivity contribution in [3.05, 3.63) is 64.9 Å². The molecule has 2 heterocycles. The number of hydrogen-bond acceptors (Lipinski definition) is 4. The van der Waals surface area contributed by atoms with Crippen LogP contribution in [-0.2, 0) is 22.4 Å². The van der Waals surface area contributed by atoms with Crippen molar-refractivity contribution in [2.45, 2.75) is 33.1 Å². The standard InChI is InChI=1S/C23H25N3O3/c1-15-9-10-19-18(14-29-23(19)16(15)2)12-21(27)24-25-22(28)13-26-11-5-7-17-6-3-4-8-20(17)26/h3-4,6,8-10,14H,5,7,11-13H2,1-2H3,(H,24,27)(H,25,28). The fraction of sp³-hybridized carbons (Fsp3) is 0.304. The van der Waals surface area contributed by atoms with Gasteiger partial charge in [0.2, 0.25) is 5.91 Å². The van der Waals surface area contributed by atoms with E-state index < -0.39 is 0 Å². The average Bonchev–Trinajstić information content (AvgIpc) is 3.13. The molecular formula is C23H25N3O3. The first-order valence-electron chi connectivity index (χ1n) is 9.90. The lowest BCUT2D eigenvalue weighted by Gasteiger charge is -2.30. The predicted molar refractivity (Wildman–Crippen MR) is 113 cm³/mol. The van der Waals surface area contributed by atoms with E-state index in [2.05, 4.69) is 21.8 Å². The number of hydrazine groups is 1. The van der Waals surface area contributed by atoms with E-state index in [0.29, 0.717) is 0 Å². The van der Waals surface area contributed by atoms with Gasteiger partial charge in [-0.05, 0) is 49.4 Å².